The fraction of sp³-hybridized carbons (Fsp3) is 0.818. The molecule has 1 heterocycles. The van der Waals surface area contributed by atoms with Gasteiger partial charge in [0, 0.05) is 32.2 Å². The van der Waals surface area contributed by atoms with Gasteiger partial charge in [-0.25, -0.2) is 0 Å². The maximum Gasteiger partial charge on any atom is 0.242 e. The van der Waals surface area contributed by atoms with E-state index in [9.17, 15) is 9.59 Å². The highest BCUT2D eigenvalue weighted by atomic mass is 16.2. The normalized spacial score (nSPS) is 17.3. The number of carbonyl (C=O) groups excluding carboxylic acids is 2. The lowest BCUT2D eigenvalue weighted by Gasteiger charge is -2.36. The quantitative estimate of drug-likeness (QED) is 0.636. The smallest absolute Gasteiger partial charge is 0.242 e. The Kier molecular flexibility index (Phi) is 5.37. The fourth-order valence-corrected chi connectivity index (χ4v) is 1.85. The molecule has 0 unspecified atom stereocenters. The summed E-state index contributed by atoms with van der Waals surface area (Å²) in [6.45, 7) is 7.54. The summed E-state index contributed by atoms with van der Waals surface area (Å²) in [7, 11) is 0. The van der Waals surface area contributed by atoms with E-state index in [2.05, 4.69) is 24.1 Å². The van der Waals surface area contributed by atoms with E-state index in [0.717, 1.165) is 26.2 Å². The SMILES string of the molecule is CC(C)N1CCN(C(=O)CNC(=O)CN)CC1. The third-order valence-corrected chi connectivity index (χ3v) is 3.02. The first-order chi connectivity index (χ1) is 8.04. The predicted molar refractivity (Wildman–Crippen MR) is 65.4 cm³/mol. The first kappa shape index (κ1) is 13.9. The number of nitrogens with two attached hydrogens (primary N) is 1. The van der Waals surface area contributed by atoms with E-state index in [-0.39, 0.29) is 24.9 Å². The lowest BCUT2D eigenvalue weighted by molar-refractivity contribution is -0.134. The second kappa shape index (κ2) is 6.56. The van der Waals surface area contributed by atoms with Gasteiger partial charge in [-0.3, -0.25) is 14.5 Å². The van der Waals surface area contributed by atoms with Crippen LogP contribution in [-0.4, -0.2) is 66.9 Å². The van der Waals surface area contributed by atoms with Crippen LogP contribution in [0.2, 0.25) is 0 Å². The summed E-state index contributed by atoms with van der Waals surface area (Å²) in [6, 6.07) is 0.518. The van der Waals surface area contributed by atoms with Crippen molar-refractivity contribution in [3.05, 3.63) is 0 Å². The second-order valence-corrected chi connectivity index (χ2v) is 4.49. The first-order valence-corrected chi connectivity index (χ1v) is 6.03. The predicted octanol–water partition coefficient (Wildman–Crippen LogP) is -1.39. The van der Waals surface area contributed by atoms with Crippen LogP contribution in [-0.2, 0) is 9.59 Å². The van der Waals surface area contributed by atoms with E-state index in [1.807, 2.05) is 0 Å². The van der Waals surface area contributed by atoms with Gasteiger partial charge in [0.05, 0.1) is 13.1 Å². The highest BCUT2D eigenvalue weighted by Crippen LogP contribution is 2.05. The van der Waals surface area contributed by atoms with Crippen LogP contribution in [0.15, 0.2) is 0 Å². The molecule has 3 N–H and O–H groups in total. The Balaban J connectivity index is 2.28. The molecule has 0 aromatic rings. The van der Waals surface area contributed by atoms with Crippen molar-refractivity contribution in [2.45, 2.75) is 19.9 Å². The van der Waals surface area contributed by atoms with E-state index in [1.165, 1.54) is 0 Å². The average molecular weight is 242 g/mol. The molecule has 6 heteroatoms. The van der Waals surface area contributed by atoms with E-state index < -0.39 is 0 Å². The molecule has 0 saturated carbocycles. The van der Waals surface area contributed by atoms with Gasteiger partial charge in [0.15, 0.2) is 0 Å². The molecule has 6 nitrogen and oxygen atoms in total. The number of hydrogen-bond donors (Lipinski definition) is 2. The fourth-order valence-electron chi connectivity index (χ4n) is 1.85. The van der Waals surface area contributed by atoms with Crippen molar-refractivity contribution < 1.29 is 9.59 Å². The molecule has 0 spiro atoms. The summed E-state index contributed by atoms with van der Waals surface area (Å²) >= 11 is 0. The second-order valence-electron chi connectivity index (χ2n) is 4.49. The summed E-state index contributed by atoms with van der Waals surface area (Å²) < 4.78 is 0. The Morgan fingerprint density at radius 3 is 2.29 bits per heavy atom. The molecule has 0 aromatic carbocycles. The Hall–Kier alpha value is -1.14. The standard InChI is InChI=1S/C11H22N4O2/c1-9(2)14-3-5-15(6-4-14)11(17)8-13-10(16)7-12/h9H,3-8,12H2,1-2H3,(H,13,16). The zero-order valence-electron chi connectivity index (χ0n) is 10.6. The van der Waals surface area contributed by atoms with Gasteiger partial charge in [-0.2, -0.15) is 0 Å². The molecular weight excluding hydrogens is 220 g/mol. The minimum absolute atomic E-state index is 0.0322. The van der Waals surface area contributed by atoms with Crippen LogP contribution >= 0.6 is 0 Å². The third-order valence-electron chi connectivity index (χ3n) is 3.02. The van der Waals surface area contributed by atoms with Crippen molar-refractivity contribution in [3.8, 4) is 0 Å². The third kappa shape index (κ3) is 4.32. The minimum Gasteiger partial charge on any atom is -0.346 e. The molecule has 98 valence electrons. The highest BCUT2D eigenvalue weighted by Gasteiger charge is 2.22. The minimum atomic E-state index is -0.292. The topological polar surface area (TPSA) is 78.7 Å². The van der Waals surface area contributed by atoms with Crippen molar-refractivity contribution in [2.24, 2.45) is 5.73 Å². The molecule has 1 saturated heterocycles. The Morgan fingerprint density at radius 1 is 1.24 bits per heavy atom. The van der Waals surface area contributed by atoms with Gasteiger partial charge in [-0.15, -0.1) is 0 Å². The zero-order valence-corrected chi connectivity index (χ0v) is 10.6. The van der Waals surface area contributed by atoms with Gasteiger partial charge in [-0.05, 0) is 13.8 Å². The van der Waals surface area contributed by atoms with Crippen molar-refractivity contribution in [3.63, 3.8) is 0 Å². The number of amides is 2. The molecule has 1 aliphatic rings. The molecule has 2 amide bonds. The van der Waals surface area contributed by atoms with Crippen molar-refractivity contribution in [1.82, 2.24) is 15.1 Å². The largest absolute Gasteiger partial charge is 0.346 e. The molecular formula is C11H22N4O2. The van der Waals surface area contributed by atoms with Gasteiger partial charge in [0.25, 0.3) is 0 Å². The maximum absolute atomic E-state index is 11.7. The van der Waals surface area contributed by atoms with Crippen LogP contribution in [0.1, 0.15) is 13.8 Å². The number of nitrogens with zero attached hydrogens (tertiary/aromatic N) is 2. The number of nitrogens with one attached hydrogen (secondary N) is 1. The van der Waals surface area contributed by atoms with Crippen LogP contribution in [0.25, 0.3) is 0 Å². The molecule has 1 rings (SSSR count). The molecule has 0 atom stereocenters. The Bertz CT molecular complexity index is 273. The number of piperazine rings is 1. The van der Waals surface area contributed by atoms with E-state index >= 15 is 0 Å². The first-order valence-electron chi connectivity index (χ1n) is 6.03. The maximum atomic E-state index is 11.7. The van der Waals surface area contributed by atoms with Crippen molar-refractivity contribution in [2.75, 3.05) is 39.3 Å². The number of hydrogen-bond acceptors (Lipinski definition) is 4. The van der Waals surface area contributed by atoms with Crippen LogP contribution in [0.4, 0.5) is 0 Å². The molecule has 0 aromatic heterocycles. The van der Waals surface area contributed by atoms with Crippen molar-refractivity contribution >= 4 is 11.8 Å². The van der Waals surface area contributed by atoms with Crippen molar-refractivity contribution in [1.29, 1.82) is 0 Å². The molecule has 17 heavy (non-hydrogen) atoms. The molecule has 0 radical (unpaired) electrons. The lowest BCUT2D eigenvalue weighted by Crippen LogP contribution is -2.52. The van der Waals surface area contributed by atoms with Crippen LogP contribution in [0, 0.1) is 0 Å². The van der Waals surface area contributed by atoms with Gasteiger partial charge < -0.3 is 16.0 Å². The zero-order chi connectivity index (χ0) is 12.8. The van der Waals surface area contributed by atoms with Gasteiger partial charge >= 0.3 is 0 Å². The monoisotopic (exact) mass is 242 g/mol. The Labute approximate surface area is 102 Å². The van der Waals surface area contributed by atoms with Crippen LogP contribution in [0.5, 0.6) is 0 Å². The Morgan fingerprint density at radius 2 is 1.82 bits per heavy atom. The summed E-state index contributed by atoms with van der Waals surface area (Å²) in [5.41, 5.74) is 5.14. The summed E-state index contributed by atoms with van der Waals surface area (Å²) in [6.07, 6.45) is 0. The van der Waals surface area contributed by atoms with Gasteiger partial charge in [0.1, 0.15) is 0 Å². The number of rotatable bonds is 4. The molecule has 0 bridgehead atoms. The lowest BCUT2D eigenvalue weighted by atomic mass is 10.2. The average Bonchev–Trinajstić information content (AvgIpc) is 2.35. The summed E-state index contributed by atoms with van der Waals surface area (Å²) in [5, 5.41) is 2.49. The van der Waals surface area contributed by atoms with Gasteiger partial charge in [-0.1, -0.05) is 0 Å². The molecule has 0 aliphatic carbocycles. The molecule has 1 fully saturated rings. The van der Waals surface area contributed by atoms with E-state index in [1.54, 1.807) is 4.90 Å². The van der Waals surface area contributed by atoms with Crippen LogP contribution < -0.4 is 11.1 Å². The summed E-state index contributed by atoms with van der Waals surface area (Å²) in [4.78, 5) is 26.8. The molecule has 1 aliphatic heterocycles. The van der Waals surface area contributed by atoms with E-state index in [0.29, 0.717) is 6.04 Å². The van der Waals surface area contributed by atoms with Gasteiger partial charge in [0.2, 0.25) is 11.8 Å². The number of carbonyl (C=O) groups is 2. The summed E-state index contributed by atoms with van der Waals surface area (Å²) in [5.74, 6) is -0.325. The van der Waals surface area contributed by atoms with E-state index in [4.69, 9.17) is 5.73 Å². The van der Waals surface area contributed by atoms with Crippen LogP contribution in [0.3, 0.4) is 0 Å². The highest BCUT2D eigenvalue weighted by molar-refractivity contribution is 5.85.